The number of benzene rings is 1. The Balaban J connectivity index is 1.87. The number of carbonyl (C=O) groups is 4. The average molecular weight is 374 g/mol. The molecule has 0 spiro atoms. The monoisotopic (exact) mass is 374 g/mol. The van der Waals surface area contributed by atoms with Gasteiger partial charge in [0.2, 0.25) is 0 Å². The van der Waals surface area contributed by atoms with Gasteiger partial charge in [0.05, 0.1) is 11.1 Å². The van der Waals surface area contributed by atoms with Crippen LogP contribution in [0.5, 0.6) is 0 Å². The molecule has 0 aliphatic carbocycles. The summed E-state index contributed by atoms with van der Waals surface area (Å²) in [7, 11) is 0. The van der Waals surface area contributed by atoms with Gasteiger partial charge in [-0.05, 0) is 44.7 Å². The average Bonchev–Trinajstić information content (AvgIpc) is 2.88. The van der Waals surface area contributed by atoms with Crippen molar-refractivity contribution in [1.82, 2.24) is 10.2 Å². The van der Waals surface area contributed by atoms with Gasteiger partial charge >= 0.3 is 5.97 Å². The molecule has 0 fully saturated rings. The van der Waals surface area contributed by atoms with Crippen LogP contribution in [0.4, 0.5) is 0 Å². The number of hydrogen-bond donors (Lipinski definition) is 1. The first-order valence-corrected chi connectivity index (χ1v) is 9.15. The van der Waals surface area contributed by atoms with E-state index in [0.29, 0.717) is 5.92 Å². The molecule has 0 saturated heterocycles. The van der Waals surface area contributed by atoms with Gasteiger partial charge in [0, 0.05) is 6.04 Å². The highest BCUT2D eigenvalue weighted by Gasteiger charge is 2.41. The molecule has 3 amide bonds. The molecule has 1 heterocycles. The molecule has 27 heavy (non-hydrogen) atoms. The summed E-state index contributed by atoms with van der Waals surface area (Å²) in [5, 5.41) is 2.77. The standard InChI is InChI=1S/C20H26N2O5/c1-12(2)9-10-13(3)21-17(23)11-27-20(26)14(4)22-18(24)15-7-5-6-8-16(15)19(22)25/h5-8,12-14H,9-11H2,1-4H3,(H,21,23)/t13-,14+/m1/s1. The maximum absolute atomic E-state index is 12.4. The molecule has 7 nitrogen and oxygen atoms in total. The van der Waals surface area contributed by atoms with Crippen LogP contribution >= 0.6 is 0 Å². The van der Waals surface area contributed by atoms with Crippen LogP contribution in [0.2, 0.25) is 0 Å². The number of hydrogen-bond acceptors (Lipinski definition) is 5. The van der Waals surface area contributed by atoms with Crippen LogP contribution in [0.25, 0.3) is 0 Å². The van der Waals surface area contributed by atoms with E-state index in [1.165, 1.54) is 6.92 Å². The van der Waals surface area contributed by atoms with Crippen LogP contribution in [-0.2, 0) is 14.3 Å². The lowest BCUT2D eigenvalue weighted by molar-refractivity contribution is -0.152. The number of esters is 1. The van der Waals surface area contributed by atoms with E-state index in [2.05, 4.69) is 19.2 Å². The van der Waals surface area contributed by atoms with Gasteiger partial charge in [-0.2, -0.15) is 0 Å². The number of rotatable bonds is 8. The predicted octanol–water partition coefficient (Wildman–Crippen LogP) is 2.16. The fraction of sp³-hybridized carbons (Fsp3) is 0.500. The maximum Gasteiger partial charge on any atom is 0.329 e. The van der Waals surface area contributed by atoms with Crippen LogP contribution in [0.1, 0.15) is 61.3 Å². The number of carbonyl (C=O) groups excluding carboxylic acids is 4. The quantitative estimate of drug-likeness (QED) is 0.556. The largest absolute Gasteiger partial charge is 0.454 e. The number of ether oxygens (including phenoxy) is 1. The lowest BCUT2D eigenvalue weighted by Gasteiger charge is -2.21. The van der Waals surface area contributed by atoms with Crippen LogP contribution < -0.4 is 5.32 Å². The molecular formula is C20H26N2O5. The van der Waals surface area contributed by atoms with E-state index in [4.69, 9.17) is 4.74 Å². The summed E-state index contributed by atoms with van der Waals surface area (Å²) in [4.78, 5) is 49.8. The smallest absolute Gasteiger partial charge is 0.329 e. The van der Waals surface area contributed by atoms with Gasteiger partial charge in [0.1, 0.15) is 6.04 Å². The first-order valence-electron chi connectivity index (χ1n) is 9.15. The highest BCUT2D eigenvalue weighted by molar-refractivity contribution is 6.22. The number of fused-ring (bicyclic) bond motifs is 1. The van der Waals surface area contributed by atoms with E-state index in [1.807, 2.05) is 6.92 Å². The first-order chi connectivity index (χ1) is 12.7. The normalized spacial score (nSPS) is 15.5. The summed E-state index contributed by atoms with van der Waals surface area (Å²) in [5.74, 6) is -1.73. The van der Waals surface area contributed by atoms with Crippen molar-refractivity contribution in [3.8, 4) is 0 Å². The van der Waals surface area contributed by atoms with Crippen molar-refractivity contribution >= 4 is 23.7 Å². The van der Waals surface area contributed by atoms with Crippen LogP contribution in [-0.4, -0.2) is 47.3 Å². The molecule has 2 rings (SSSR count). The van der Waals surface area contributed by atoms with E-state index in [0.717, 1.165) is 17.7 Å². The first kappa shape index (κ1) is 20.6. The fourth-order valence-electron chi connectivity index (χ4n) is 2.89. The van der Waals surface area contributed by atoms with Crippen molar-refractivity contribution in [3.05, 3.63) is 35.4 Å². The summed E-state index contributed by atoms with van der Waals surface area (Å²) < 4.78 is 5.00. The second-order valence-electron chi connectivity index (χ2n) is 7.25. The summed E-state index contributed by atoms with van der Waals surface area (Å²) in [6.07, 6.45) is 1.82. The molecule has 0 unspecified atom stereocenters. The molecule has 1 aliphatic heterocycles. The molecule has 0 saturated carbocycles. The lowest BCUT2D eigenvalue weighted by atomic mass is 10.0. The Morgan fingerprint density at radius 2 is 1.56 bits per heavy atom. The van der Waals surface area contributed by atoms with Crippen LogP contribution in [0.3, 0.4) is 0 Å². The van der Waals surface area contributed by atoms with Gasteiger partial charge < -0.3 is 10.1 Å². The minimum Gasteiger partial charge on any atom is -0.454 e. The van der Waals surface area contributed by atoms with Crippen molar-refractivity contribution in [2.24, 2.45) is 5.92 Å². The summed E-state index contributed by atoms with van der Waals surface area (Å²) in [6, 6.07) is 5.26. The Morgan fingerprint density at radius 1 is 1.00 bits per heavy atom. The molecule has 0 radical (unpaired) electrons. The van der Waals surface area contributed by atoms with Gasteiger partial charge in [-0.1, -0.05) is 26.0 Å². The number of nitrogens with zero attached hydrogens (tertiary/aromatic N) is 1. The highest BCUT2D eigenvalue weighted by atomic mass is 16.5. The molecule has 7 heteroatoms. The van der Waals surface area contributed by atoms with Gasteiger partial charge in [0.25, 0.3) is 17.7 Å². The van der Waals surface area contributed by atoms with Gasteiger partial charge in [-0.25, -0.2) is 4.79 Å². The van der Waals surface area contributed by atoms with Crippen LogP contribution in [0, 0.1) is 5.92 Å². The SMILES string of the molecule is CC(C)CC[C@@H](C)NC(=O)COC(=O)[C@H](C)N1C(=O)c2ccccc2C1=O. The Bertz CT molecular complexity index is 709. The molecule has 1 aliphatic rings. The molecule has 146 valence electrons. The van der Waals surface area contributed by atoms with E-state index in [9.17, 15) is 19.2 Å². The zero-order valence-corrected chi connectivity index (χ0v) is 16.2. The fourth-order valence-corrected chi connectivity index (χ4v) is 2.89. The zero-order chi connectivity index (χ0) is 20.1. The lowest BCUT2D eigenvalue weighted by Crippen LogP contribution is -2.45. The molecule has 2 atom stereocenters. The summed E-state index contributed by atoms with van der Waals surface area (Å²) in [6.45, 7) is 7.07. The molecule has 0 bridgehead atoms. The Morgan fingerprint density at radius 3 is 2.07 bits per heavy atom. The minimum atomic E-state index is -1.11. The van der Waals surface area contributed by atoms with E-state index in [1.54, 1.807) is 24.3 Å². The Hall–Kier alpha value is -2.70. The van der Waals surface area contributed by atoms with E-state index >= 15 is 0 Å². The molecule has 1 aromatic rings. The summed E-state index contributed by atoms with van der Waals surface area (Å²) in [5.41, 5.74) is 0.526. The predicted molar refractivity (Wildman–Crippen MR) is 99.0 cm³/mol. The number of imide groups is 1. The molecule has 0 aromatic heterocycles. The third kappa shape index (κ3) is 4.93. The van der Waals surface area contributed by atoms with Crippen LogP contribution in [0.15, 0.2) is 24.3 Å². The van der Waals surface area contributed by atoms with Crippen molar-refractivity contribution in [2.45, 2.75) is 52.6 Å². The van der Waals surface area contributed by atoms with E-state index < -0.39 is 36.3 Å². The van der Waals surface area contributed by atoms with E-state index in [-0.39, 0.29) is 17.2 Å². The molecule has 1 aromatic carbocycles. The Labute approximate surface area is 159 Å². The van der Waals surface area contributed by atoms with Crippen molar-refractivity contribution < 1.29 is 23.9 Å². The highest BCUT2D eigenvalue weighted by Crippen LogP contribution is 2.24. The minimum absolute atomic E-state index is 0.0211. The second-order valence-corrected chi connectivity index (χ2v) is 7.25. The molecular weight excluding hydrogens is 348 g/mol. The molecule has 1 N–H and O–H groups in total. The second kappa shape index (κ2) is 8.79. The van der Waals surface area contributed by atoms with Crippen molar-refractivity contribution in [1.29, 1.82) is 0 Å². The third-order valence-electron chi connectivity index (χ3n) is 4.48. The summed E-state index contributed by atoms with van der Waals surface area (Å²) >= 11 is 0. The number of nitrogens with one attached hydrogen (secondary N) is 1. The van der Waals surface area contributed by atoms with Gasteiger partial charge in [0.15, 0.2) is 6.61 Å². The van der Waals surface area contributed by atoms with Crippen molar-refractivity contribution in [3.63, 3.8) is 0 Å². The number of amides is 3. The third-order valence-corrected chi connectivity index (χ3v) is 4.48. The topological polar surface area (TPSA) is 92.8 Å². The van der Waals surface area contributed by atoms with Gasteiger partial charge in [-0.15, -0.1) is 0 Å². The van der Waals surface area contributed by atoms with Gasteiger partial charge in [-0.3, -0.25) is 19.3 Å². The maximum atomic E-state index is 12.4. The van der Waals surface area contributed by atoms with Crippen molar-refractivity contribution in [2.75, 3.05) is 6.61 Å². The zero-order valence-electron chi connectivity index (χ0n) is 16.2. The Kier molecular flexibility index (Phi) is 6.71.